The summed E-state index contributed by atoms with van der Waals surface area (Å²) >= 11 is 0. The molecular formula is C20H23N7O3. The zero-order chi connectivity index (χ0) is 21.1. The van der Waals surface area contributed by atoms with Gasteiger partial charge in [-0.1, -0.05) is 22.4 Å². The van der Waals surface area contributed by atoms with Crippen LogP contribution in [0.15, 0.2) is 41.2 Å². The average molecular weight is 409 g/mol. The van der Waals surface area contributed by atoms with Crippen molar-refractivity contribution < 1.29 is 14.2 Å². The van der Waals surface area contributed by atoms with Crippen LogP contribution in [0.5, 0.6) is 5.75 Å². The molecule has 0 radical (unpaired) electrons. The van der Waals surface area contributed by atoms with E-state index in [2.05, 4.69) is 25.6 Å². The molecule has 0 spiro atoms. The monoisotopic (exact) mass is 409 g/mol. The molecule has 2 aromatic heterocycles. The van der Waals surface area contributed by atoms with E-state index < -0.39 is 5.41 Å². The molecule has 1 amide bonds. The van der Waals surface area contributed by atoms with E-state index in [9.17, 15) is 4.79 Å². The third kappa shape index (κ3) is 3.88. The van der Waals surface area contributed by atoms with E-state index in [0.29, 0.717) is 36.7 Å². The maximum atomic E-state index is 13.3. The summed E-state index contributed by atoms with van der Waals surface area (Å²) in [5, 5.41) is 10.6. The quantitative estimate of drug-likeness (QED) is 0.589. The van der Waals surface area contributed by atoms with Crippen LogP contribution in [0.2, 0.25) is 0 Å². The number of methoxy groups -OCH3 is 1. The molecule has 3 N–H and O–H groups in total. The Labute approximate surface area is 173 Å². The van der Waals surface area contributed by atoms with Crippen LogP contribution in [-0.4, -0.2) is 46.4 Å². The number of nitrogen functional groups attached to an aromatic ring is 1. The largest absolute Gasteiger partial charge is 0.497 e. The molecule has 3 heterocycles. The second kappa shape index (κ2) is 7.97. The fraction of sp³-hybridized carbons (Fsp3) is 0.350. The third-order valence-electron chi connectivity index (χ3n) is 5.29. The van der Waals surface area contributed by atoms with Crippen molar-refractivity contribution in [3.63, 3.8) is 0 Å². The van der Waals surface area contributed by atoms with Crippen LogP contribution >= 0.6 is 0 Å². The van der Waals surface area contributed by atoms with Crippen molar-refractivity contribution in [1.82, 2.24) is 25.6 Å². The molecule has 0 saturated carbocycles. The molecule has 30 heavy (non-hydrogen) atoms. The van der Waals surface area contributed by atoms with Crippen molar-refractivity contribution in [1.29, 1.82) is 0 Å². The number of carbonyl (C=O) groups is 1. The van der Waals surface area contributed by atoms with Crippen LogP contribution in [0.3, 0.4) is 0 Å². The van der Waals surface area contributed by atoms with Gasteiger partial charge in [-0.25, -0.2) is 9.61 Å². The first-order chi connectivity index (χ1) is 14.5. The zero-order valence-corrected chi connectivity index (χ0v) is 16.8. The molecule has 10 nitrogen and oxygen atoms in total. The van der Waals surface area contributed by atoms with Crippen LogP contribution in [0.1, 0.15) is 17.0 Å². The molecule has 0 atom stereocenters. The van der Waals surface area contributed by atoms with E-state index in [-0.39, 0.29) is 18.4 Å². The lowest BCUT2D eigenvalue weighted by molar-refractivity contribution is -0.132. The fourth-order valence-electron chi connectivity index (χ4n) is 3.66. The highest BCUT2D eigenvalue weighted by Gasteiger charge is 2.49. The minimum atomic E-state index is -0.628. The van der Waals surface area contributed by atoms with E-state index in [0.717, 1.165) is 11.3 Å². The fourth-order valence-corrected chi connectivity index (χ4v) is 3.66. The summed E-state index contributed by atoms with van der Waals surface area (Å²) in [4.78, 5) is 23.5. The summed E-state index contributed by atoms with van der Waals surface area (Å²) in [5.74, 6) is 1.60. The predicted octanol–water partition coefficient (Wildman–Crippen LogP) is 1.12. The summed E-state index contributed by atoms with van der Waals surface area (Å²) in [5.41, 5.74) is 7.37. The minimum absolute atomic E-state index is 0.0639. The molecule has 1 aliphatic heterocycles. The van der Waals surface area contributed by atoms with Gasteiger partial charge in [0.25, 0.3) is 0 Å². The summed E-state index contributed by atoms with van der Waals surface area (Å²) < 4.78 is 10.0. The van der Waals surface area contributed by atoms with Crippen molar-refractivity contribution >= 4 is 17.7 Å². The molecule has 4 rings (SSSR count). The van der Waals surface area contributed by atoms with E-state index in [4.69, 9.17) is 15.1 Å². The number of ether oxygens (including phenoxy) is 1. The Hall–Kier alpha value is -3.69. The number of anilines is 2. The van der Waals surface area contributed by atoms with E-state index >= 15 is 0 Å². The third-order valence-corrected chi connectivity index (χ3v) is 5.29. The van der Waals surface area contributed by atoms with Gasteiger partial charge in [-0.3, -0.25) is 4.79 Å². The first-order valence-corrected chi connectivity index (χ1v) is 9.52. The Morgan fingerprint density at radius 2 is 2.17 bits per heavy atom. The standard InChI is InChI=1S/C20H23N7O3/c1-13-16(26-30-25-13)10-23-18(28)20(9-14-4-3-5-15(8-14)29-2)11-27(12-20)17-6-7-22-19(21)24-17/h3-8H,9-12H2,1-2H3,(H,23,28)(H2,21,22,24). The van der Waals surface area contributed by atoms with E-state index in [1.165, 1.54) is 0 Å². The number of nitrogens with two attached hydrogens (primary N) is 1. The lowest BCUT2D eigenvalue weighted by Crippen LogP contribution is -2.64. The van der Waals surface area contributed by atoms with Crippen molar-refractivity contribution in [2.24, 2.45) is 5.41 Å². The maximum Gasteiger partial charge on any atom is 0.230 e. The highest BCUT2D eigenvalue weighted by atomic mass is 16.6. The highest BCUT2D eigenvalue weighted by molar-refractivity contribution is 5.86. The van der Waals surface area contributed by atoms with Gasteiger partial charge in [0.2, 0.25) is 11.9 Å². The molecule has 0 bridgehead atoms. The Kier molecular flexibility index (Phi) is 5.21. The van der Waals surface area contributed by atoms with Gasteiger partial charge in [-0.2, -0.15) is 4.98 Å². The van der Waals surface area contributed by atoms with Gasteiger partial charge in [0.1, 0.15) is 23.0 Å². The number of aromatic nitrogens is 4. The number of aryl methyl sites for hydroxylation is 1. The first kappa shape index (κ1) is 19.6. The topological polar surface area (TPSA) is 132 Å². The number of amides is 1. The zero-order valence-electron chi connectivity index (χ0n) is 16.8. The number of benzene rings is 1. The molecule has 1 saturated heterocycles. The number of nitrogens with one attached hydrogen (secondary N) is 1. The maximum absolute atomic E-state index is 13.3. The second-order valence-electron chi connectivity index (χ2n) is 7.42. The number of hydrogen-bond acceptors (Lipinski definition) is 9. The number of hydrogen-bond donors (Lipinski definition) is 2. The van der Waals surface area contributed by atoms with Crippen molar-refractivity contribution in [2.75, 3.05) is 30.8 Å². The average Bonchev–Trinajstić information content (AvgIpc) is 3.13. The summed E-state index contributed by atoms with van der Waals surface area (Å²) in [7, 11) is 1.63. The van der Waals surface area contributed by atoms with Crippen LogP contribution in [0.4, 0.5) is 11.8 Å². The summed E-state index contributed by atoms with van der Waals surface area (Å²) in [6.07, 6.45) is 2.17. The molecular weight excluding hydrogens is 386 g/mol. The van der Waals surface area contributed by atoms with Crippen LogP contribution < -0.4 is 20.7 Å². The van der Waals surface area contributed by atoms with Crippen LogP contribution in [-0.2, 0) is 17.8 Å². The number of rotatable bonds is 7. The van der Waals surface area contributed by atoms with Crippen molar-refractivity contribution in [2.45, 2.75) is 19.9 Å². The molecule has 1 fully saturated rings. The van der Waals surface area contributed by atoms with Gasteiger partial charge in [0.15, 0.2) is 0 Å². The van der Waals surface area contributed by atoms with Crippen LogP contribution in [0.25, 0.3) is 0 Å². The number of nitrogens with zero attached hydrogens (tertiary/aromatic N) is 5. The molecule has 0 unspecified atom stereocenters. The SMILES string of the molecule is COc1cccc(CC2(C(=O)NCc3nonc3C)CN(c3ccnc(N)n3)C2)c1. The van der Waals surface area contributed by atoms with E-state index in [1.54, 1.807) is 26.3 Å². The van der Waals surface area contributed by atoms with Gasteiger partial charge < -0.3 is 20.7 Å². The molecule has 156 valence electrons. The van der Waals surface area contributed by atoms with Gasteiger partial charge in [0.05, 0.1) is 19.1 Å². The van der Waals surface area contributed by atoms with Crippen molar-refractivity contribution in [3.05, 3.63) is 53.5 Å². The highest BCUT2D eigenvalue weighted by Crippen LogP contribution is 2.37. The van der Waals surface area contributed by atoms with Crippen LogP contribution in [0, 0.1) is 12.3 Å². The summed E-state index contributed by atoms with van der Waals surface area (Å²) in [6.45, 7) is 3.05. The Morgan fingerprint density at radius 1 is 1.33 bits per heavy atom. The lowest BCUT2D eigenvalue weighted by Gasteiger charge is -2.49. The van der Waals surface area contributed by atoms with Gasteiger partial charge in [-0.15, -0.1) is 0 Å². The minimum Gasteiger partial charge on any atom is -0.497 e. The molecule has 10 heteroatoms. The summed E-state index contributed by atoms with van der Waals surface area (Å²) in [6, 6.07) is 9.54. The van der Waals surface area contributed by atoms with Gasteiger partial charge >= 0.3 is 0 Å². The van der Waals surface area contributed by atoms with Crippen molar-refractivity contribution in [3.8, 4) is 5.75 Å². The smallest absolute Gasteiger partial charge is 0.230 e. The molecule has 0 aliphatic carbocycles. The second-order valence-corrected chi connectivity index (χ2v) is 7.42. The van der Waals surface area contributed by atoms with Gasteiger partial charge in [-0.05, 0) is 37.1 Å². The number of carbonyl (C=O) groups excluding carboxylic acids is 1. The van der Waals surface area contributed by atoms with E-state index in [1.807, 2.05) is 29.2 Å². The molecule has 1 aromatic carbocycles. The Balaban J connectivity index is 1.53. The first-order valence-electron chi connectivity index (χ1n) is 9.52. The lowest BCUT2D eigenvalue weighted by atomic mass is 9.73. The Bertz CT molecular complexity index is 1050. The normalized spacial score (nSPS) is 14.8. The predicted molar refractivity (Wildman–Crippen MR) is 109 cm³/mol. The van der Waals surface area contributed by atoms with Gasteiger partial charge in [0, 0.05) is 19.3 Å². The Morgan fingerprint density at radius 3 is 2.87 bits per heavy atom. The molecule has 3 aromatic rings. The molecule has 1 aliphatic rings.